The van der Waals surface area contributed by atoms with Gasteiger partial charge in [-0.3, -0.25) is 0 Å². The zero-order chi connectivity index (χ0) is 12.3. The molecule has 0 saturated heterocycles. The van der Waals surface area contributed by atoms with Crippen LogP contribution in [0.4, 0.5) is 0 Å². The van der Waals surface area contributed by atoms with E-state index in [1.807, 2.05) is 13.1 Å². The number of halogens is 1. The molecule has 1 heterocycles. The molecule has 0 fully saturated rings. The van der Waals surface area contributed by atoms with Gasteiger partial charge in [0.05, 0.1) is 5.02 Å². The largest absolute Gasteiger partial charge is 0.486 e. The van der Waals surface area contributed by atoms with Gasteiger partial charge in [-0.15, -0.1) is 0 Å². The summed E-state index contributed by atoms with van der Waals surface area (Å²) in [4.78, 5) is 0. The third-order valence-corrected chi connectivity index (χ3v) is 3.24. The van der Waals surface area contributed by atoms with Crippen molar-refractivity contribution in [1.82, 2.24) is 5.32 Å². The van der Waals surface area contributed by atoms with Crippen molar-refractivity contribution < 1.29 is 9.47 Å². The maximum Gasteiger partial charge on any atom is 0.180 e. The van der Waals surface area contributed by atoms with Crippen LogP contribution in [-0.2, 0) is 12.8 Å². The first-order valence-corrected chi connectivity index (χ1v) is 6.40. The molecule has 0 radical (unpaired) electrons. The Balaban J connectivity index is 2.42. The quantitative estimate of drug-likeness (QED) is 0.897. The zero-order valence-electron chi connectivity index (χ0n) is 10.3. The Bertz CT molecular complexity index is 407. The Morgan fingerprint density at radius 2 is 2.00 bits per heavy atom. The molecule has 0 atom stereocenters. The van der Waals surface area contributed by atoms with E-state index < -0.39 is 0 Å². The highest BCUT2D eigenvalue weighted by molar-refractivity contribution is 6.32. The predicted octanol–water partition coefficient (Wildman–Crippen LogP) is 2.44. The average molecular weight is 256 g/mol. The van der Waals surface area contributed by atoms with Crippen LogP contribution in [0.2, 0.25) is 5.02 Å². The van der Waals surface area contributed by atoms with Gasteiger partial charge in [0.15, 0.2) is 11.5 Å². The Kier molecular flexibility index (Phi) is 4.13. The molecule has 0 aromatic heterocycles. The Hall–Kier alpha value is -0.930. The smallest absolute Gasteiger partial charge is 0.180 e. The van der Waals surface area contributed by atoms with Crippen LogP contribution in [0.3, 0.4) is 0 Å². The van der Waals surface area contributed by atoms with Crippen LogP contribution < -0.4 is 14.8 Å². The average Bonchev–Trinajstić information content (AvgIpc) is 2.36. The van der Waals surface area contributed by atoms with Gasteiger partial charge in [0.1, 0.15) is 13.2 Å². The van der Waals surface area contributed by atoms with E-state index in [-0.39, 0.29) is 0 Å². The van der Waals surface area contributed by atoms with Crippen molar-refractivity contribution in [3.05, 3.63) is 22.2 Å². The van der Waals surface area contributed by atoms with Gasteiger partial charge in [-0.2, -0.15) is 0 Å². The summed E-state index contributed by atoms with van der Waals surface area (Å²) in [7, 11) is 1.95. The first kappa shape index (κ1) is 12.5. The summed E-state index contributed by atoms with van der Waals surface area (Å²) in [5.74, 6) is 1.56. The lowest BCUT2D eigenvalue weighted by Crippen LogP contribution is -2.18. The lowest BCUT2D eigenvalue weighted by Gasteiger charge is -2.24. The molecule has 17 heavy (non-hydrogen) atoms. The van der Waals surface area contributed by atoms with Crippen LogP contribution in [0, 0.1) is 0 Å². The van der Waals surface area contributed by atoms with Crippen molar-refractivity contribution in [1.29, 1.82) is 0 Å². The SMILES string of the molecule is CCc1c(CCNC)cc(Cl)c2c1OCCO2. The van der Waals surface area contributed by atoms with Crippen molar-refractivity contribution in [2.45, 2.75) is 19.8 Å². The van der Waals surface area contributed by atoms with Crippen molar-refractivity contribution in [2.24, 2.45) is 0 Å². The highest BCUT2D eigenvalue weighted by Crippen LogP contribution is 2.42. The minimum Gasteiger partial charge on any atom is -0.486 e. The summed E-state index contributed by atoms with van der Waals surface area (Å²) >= 11 is 6.23. The fourth-order valence-corrected chi connectivity index (χ4v) is 2.41. The van der Waals surface area contributed by atoms with Crippen molar-refractivity contribution in [3.63, 3.8) is 0 Å². The van der Waals surface area contributed by atoms with Crippen LogP contribution in [0.1, 0.15) is 18.1 Å². The number of likely N-dealkylation sites (N-methyl/N-ethyl adjacent to an activating group) is 1. The molecule has 94 valence electrons. The molecule has 0 amide bonds. The van der Waals surface area contributed by atoms with E-state index in [0.717, 1.165) is 25.1 Å². The van der Waals surface area contributed by atoms with E-state index in [0.29, 0.717) is 24.0 Å². The predicted molar refractivity (Wildman–Crippen MR) is 69.5 cm³/mol. The van der Waals surface area contributed by atoms with E-state index in [2.05, 4.69) is 12.2 Å². The third-order valence-electron chi connectivity index (χ3n) is 2.96. The fraction of sp³-hybridized carbons (Fsp3) is 0.538. The Morgan fingerprint density at radius 1 is 1.29 bits per heavy atom. The van der Waals surface area contributed by atoms with Crippen LogP contribution in [0.25, 0.3) is 0 Å². The maximum absolute atomic E-state index is 6.23. The second-order valence-electron chi connectivity index (χ2n) is 4.06. The molecule has 1 aliphatic rings. The van der Waals surface area contributed by atoms with Gasteiger partial charge < -0.3 is 14.8 Å². The summed E-state index contributed by atoms with van der Waals surface area (Å²) in [6.07, 6.45) is 1.89. The molecule has 1 N–H and O–H groups in total. The van der Waals surface area contributed by atoms with Gasteiger partial charge in [-0.05, 0) is 38.1 Å². The fourth-order valence-electron chi connectivity index (χ4n) is 2.14. The van der Waals surface area contributed by atoms with E-state index in [9.17, 15) is 0 Å². The lowest BCUT2D eigenvalue weighted by molar-refractivity contribution is 0.170. The minimum absolute atomic E-state index is 0.575. The van der Waals surface area contributed by atoms with Crippen molar-refractivity contribution in [2.75, 3.05) is 26.8 Å². The molecule has 2 rings (SSSR count). The summed E-state index contributed by atoms with van der Waals surface area (Å²) in [6.45, 7) is 4.24. The van der Waals surface area contributed by atoms with Gasteiger partial charge >= 0.3 is 0 Å². The molecular weight excluding hydrogens is 238 g/mol. The second-order valence-corrected chi connectivity index (χ2v) is 4.47. The number of ether oxygens (including phenoxy) is 2. The van der Waals surface area contributed by atoms with Crippen LogP contribution >= 0.6 is 11.6 Å². The molecule has 0 spiro atoms. The topological polar surface area (TPSA) is 30.5 Å². The number of hydrogen-bond donors (Lipinski definition) is 1. The Morgan fingerprint density at radius 3 is 2.65 bits per heavy atom. The highest BCUT2D eigenvalue weighted by atomic mass is 35.5. The summed E-state index contributed by atoms with van der Waals surface area (Å²) < 4.78 is 11.3. The molecule has 1 aromatic rings. The molecule has 0 bridgehead atoms. The molecule has 4 heteroatoms. The Labute approximate surface area is 107 Å². The second kappa shape index (κ2) is 5.61. The number of fused-ring (bicyclic) bond motifs is 1. The molecule has 0 aliphatic carbocycles. The first-order chi connectivity index (χ1) is 8.27. The van der Waals surface area contributed by atoms with E-state index in [4.69, 9.17) is 21.1 Å². The van der Waals surface area contributed by atoms with Gasteiger partial charge in [-0.1, -0.05) is 18.5 Å². The van der Waals surface area contributed by atoms with Crippen LogP contribution in [0.5, 0.6) is 11.5 Å². The molecule has 0 unspecified atom stereocenters. The standard InChI is InChI=1S/C13H18ClNO2/c1-3-10-9(4-5-15-2)8-11(14)13-12(10)16-6-7-17-13/h8,15H,3-7H2,1-2H3. The molecule has 3 nitrogen and oxygen atoms in total. The first-order valence-electron chi connectivity index (χ1n) is 6.02. The van der Waals surface area contributed by atoms with Crippen molar-refractivity contribution >= 4 is 11.6 Å². The summed E-state index contributed by atoms with van der Waals surface area (Å²) in [5, 5.41) is 3.81. The molecule has 1 aliphatic heterocycles. The van der Waals surface area contributed by atoms with E-state index in [1.54, 1.807) is 0 Å². The van der Waals surface area contributed by atoms with E-state index in [1.165, 1.54) is 11.1 Å². The van der Waals surface area contributed by atoms with Gasteiger partial charge in [0.25, 0.3) is 0 Å². The number of nitrogens with one attached hydrogen (secondary N) is 1. The molecule has 0 saturated carbocycles. The monoisotopic (exact) mass is 255 g/mol. The van der Waals surface area contributed by atoms with Gasteiger partial charge in [0.2, 0.25) is 0 Å². The lowest BCUT2D eigenvalue weighted by atomic mass is 10.00. The number of rotatable bonds is 4. The molecule has 1 aromatic carbocycles. The summed E-state index contributed by atoms with van der Waals surface area (Å²) in [5.41, 5.74) is 2.47. The van der Waals surface area contributed by atoms with Crippen LogP contribution in [-0.4, -0.2) is 26.8 Å². The van der Waals surface area contributed by atoms with Crippen molar-refractivity contribution in [3.8, 4) is 11.5 Å². The van der Waals surface area contributed by atoms with Gasteiger partial charge in [-0.25, -0.2) is 0 Å². The normalized spacial score (nSPS) is 13.8. The number of hydrogen-bond acceptors (Lipinski definition) is 3. The third kappa shape index (κ3) is 2.50. The maximum atomic E-state index is 6.23. The molecular formula is C13H18ClNO2. The zero-order valence-corrected chi connectivity index (χ0v) is 11.1. The summed E-state index contributed by atoms with van der Waals surface area (Å²) in [6, 6.07) is 2.01. The highest BCUT2D eigenvalue weighted by Gasteiger charge is 2.21. The van der Waals surface area contributed by atoms with E-state index >= 15 is 0 Å². The minimum atomic E-state index is 0.575. The van der Waals surface area contributed by atoms with Crippen LogP contribution in [0.15, 0.2) is 6.07 Å². The number of benzene rings is 1. The van der Waals surface area contributed by atoms with Gasteiger partial charge in [0, 0.05) is 5.56 Å².